The molecule has 4 saturated heterocycles. The fourth-order valence-electron chi connectivity index (χ4n) is 6.99. The maximum Gasteiger partial charge on any atom is 0.341 e. The van der Waals surface area contributed by atoms with Crippen molar-refractivity contribution >= 4 is 11.8 Å². The molecule has 9 nitrogen and oxygen atoms in total. The molecule has 0 bridgehead atoms. The maximum absolute atomic E-state index is 13.2. The van der Waals surface area contributed by atoms with Gasteiger partial charge in [0.25, 0.3) is 0 Å². The molecule has 8 unspecified atom stereocenters. The van der Waals surface area contributed by atoms with Crippen LogP contribution in [0.4, 0.5) is 0 Å². The molecule has 5 fully saturated rings. The maximum atomic E-state index is 13.2. The number of aliphatic hydroxyl groups excluding tert-OH is 1. The van der Waals surface area contributed by atoms with E-state index < -0.39 is 29.3 Å². The summed E-state index contributed by atoms with van der Waals surface area (Å²) in [7, 11) is 0. The minimum absolute atomic E-state index is 0.0524. The van der Waals surface area contributed by atoms with Crippen LogP contribution < -0.4 is 11.1 Å². The molecule has 5 aliphatic rings. The Morgan fingerprint density at radius 2 is 1.94 bits per heavy atom. The highest BCUT2D eigenvalue weighted by atomic mass is 16.7. The zero-order chi connectivity index (χ0) is 25.1. The van der Waals surface area contributed by atoms with Gasteiger partial charge in [-0.2, -0.15) is 0 Å². The standard InChI is InChI=1S/C26H42N2O7/c1-13-9-16(29)22-18(32-13)12-17-15(23(22)30)11-20(25(2,3)34-17)33-24(31)26(4)19(35-26)6-5-14-7-8-28-21(27)10-14/h13-15,17-23,28,30H,5-12,27H2,1-4H3/p+1/t13?,14?,15?,17?,18?,19-,20-,21?,22?,23?,26-/m1/s1. The third kappa shape index (κ3) is 4.92. The molecule has 5 rings (SSSR count). The number of rotatable bonds is 5. The van der Waals surface area contributed by atoms with E-state index in [4.69, 9.17) is 24.7 Å². The number of piperidine rings is 1. The molecule has 11 atom stereocenters. The quantitative estimate of drug-likeness (QED) is 0.368. The van der Waals surface area contributed by atoms with Gasteiger partial charge in [-0.05, 0) is 59.3 Å². The van der Waals surface area contributed by atoms with E-state index in [0.717, 1.165) is 32.2 Å². The average Bonchev–Trinajstić information content (AvgIpc) is 3.44. The second kappa shape index (κ2) is 9.33. The number of epoxide rings is 1. The molecule has 9 heteroatoms. The minimum Gasteiger partial charge on any atom is -0.457 e. The number of ketones is 1. The van der Waals surface area contributed by atoms with Crippen LogP contribution >= 0.6 is 0 Å². The van der Waals surface area contributed by atoms with E-state index in [0.29, 0.717) is 25.2 Å². The number of nitrogens with two attached hydrogens (primary N) is 2. The van der Waals surface area contributed by atoms with Crippen molar-refractivity contribution in [3.63, 3.8) is 0 Å². The van der Waals surface area contributed by atoms with Crippen molar-refractivity contribution in [2.45, 2.75) is 127 Å². The summed E-state index contributed by atoms with van der Waals surface area (Å²) in [5, 5.41) is 13.3. The van der Waals surface area contributed by atoms with Gasteiger partial charge in [-0.25, -0.2) is 4.79 Å². The summed E-state index contributed by atoms with van der Waals surface area (Å²) in [5.74, 6) is -0.554. The van der Waals surface area contributed by atoms with Crippen LogP contribution in [0, 0.1) is 17.8 Å². The number of carbonyl (C=O) groups is 2. The number of quaternary nitrogens is 1. The number of fused-ring (bicyclic) bond motifs is 2. The molecule has 35 heavy (non-hydrogen) atoms. The Morgan fingerprint density at radius 1 is 1.17 bits per heavy atom. The molecular formula is C26H43N2O7+. The summed E-state index contributed by atoms with van der Waals surface area (Å²) in [6.45, 7) is 8.60. The van der Waals surface area contributed by atoms with Gasteiger partial charge in [0.05, 0.1) is 48.6 Å². The van der Waals surface area contributed by atoms with Crippen molar-refractivity contribution in [3.05, 3.63) is 0 Å². The van der Waals surface area contributed by atoms with Crippen molar-refractivity contribution < 1.29 is 39.0 Å². The van der Waals surface area contributed by atoms with Gasteiger partial charge in [0, 0.05) is 25.2 Å². The van der Waals surface area contributed by atoms with Gasteiger partial charge in [0.15, 0.2) is 5.60 Å². The van der Waals surface area contributed by atoms with Gasteiger partial charge < -0.3 is 29.4 Å². The van der Waals surface area contributed by atoms with E-state index in [9.17, 15) is 14.7 Å². The summed E-state index contributed by atoms with van der Waals surface area (Å²) in [6, 6.07) is 0. The first-order valence-electron chi connectivity index (χ1n) is 13.5. The van der Waals surface area contributed by atoms with Crippen LogP contribution in [0.5, 0.6) is 0 Å². The second-order valence-corrected chi connectivity index (χ2v) is 12.3. The molecule has 1 aliphatic carbocycles. The Hall–Kier alpha value is -1.10. The summed E-state index contributed by atoms with van der Waals surface area (Å²) < 4.78 is 24.3. The van der Waals surface area contributed by atoms with Crippen LogP contribution in [0.25, 0.3) is 0 Å². The van der Waals surface area contributed by atoms with E-state index in [2.05, 4.69) is 5.32 Å². The van der Waals surface area contributed by atoms with Crippen LogP contribution in [0.15, 0.2) is 0 Å². The highest BCUT2D eigenvalue weighted by Crippen LogP contribution is 2.48. The Labute approximate surface area is 207 Å². The zero-order valence-electron chi connectivity index (χ0n) is 21.5. The second-order valence-electron chi connectivity index (χ2n) is 12.3. The summed E-state index contributed by atoms with van der Waals surface area (Å²) in [5.41, 5.74) is 4.41. The number of carbonyl (C=O) groups excluding carboxylic acids is 2. The summed E-state index contributed by atoms with van der Waals surface area (Å²) >= 11 is 0. The molecule has 0 aromatic rings. The first kappa shape index (κ1) is 25.5. The molecule has 0 aromatic carbocycles. The monoisotopic (exact) mass is 495 g/mol. The van der Waals surface area contributed by atoms with E-state index in [1.807, 2.05) is 20.8 Å². The van der Waals surface area contributed by atoms with E-state index in [1.54, 1.807) is 6.92 Å². The number of hydrogen-bond acceptors (Lipinski definition) is 8. The minimum atomic E-state index is -0.935. The zero-order valence-corrected chi connectivity index (χ0v) is 21.5. The topological polar surface area (TPSA) is 137 Å². The largest absolute Gasteiger partial charge is 0.457 e. The number of ether oxygens (including phenoxy) is 4. The molecule has 5 N–H and O–H groups in total. The van der Waals surface area contributed by atoms with Gasteiger partial charge in [0.1, 0.15) is 18.1 Å². The van der Waals surface area contributed by atoms with Crippen molar-refractivity contribution in [2.24, 2.45) is 23.5 Å². The lowest BCUT2D eigenvalue weighted by molar-refractivity contribution is -0.699. The average molecular weight is 496 g/mol. The summed E-state index contributed by atoms with van der Waals surface area (Å²) in [4.78, 5) is 25.9. The van der Waals surface area contributed by atoms with Crippen LogP contribution in [0.3, 0.4) is 0 Å². The summed E-state index contributed by atoms with van der Waals surface area (Å²) in [6.07, 6.45) is 3.24. The molecule has 1 saturated carbocycles. The predicted molar refractivity (Wildman–Crippen MR) is 125 cm³/mol. The van der Waals surface area contributed by atoms with Gasteiger partial charge in [-0.1, -0.05) is 0 Å². The van der Waals surface area contributed by atoms with Gasteiger partial charge >= 0.3 is 5.97 Å². The molecule has 4 aliphatic heterocycles. The number of aliphatic hydroxyl groups is 1. The van der Waals surface area contributed by atoms with Gasteiger partial charge in [0.2, 0.25) is 0 Å². The third-order valence-electron chi connectivity index (χ3n) is 9.22. The lowest BCUT2D eigenvalue weighted by atomic mass is 9.67. The predicted octanol–water partition coefficient (Wildman–Crippen LogP) is 0.405. The fraction of sp³-hybridized carbons (Fsp3) is 0.923. The Balaban J connectivity index is 1.19. The molecule has 4 heterocycles. The van der Waals surface area contributed by atoms with Crippen LogP contribution in [0.1, 0.15) is 72.6 Å². The van der Waals surface area contributed by atoms with E-state index in [1.165, 1.54) is 0 Å². The molecule has 0 spiro atoms. The van der Waals surface area contributed by atoms with Crippen molar-refractivity contribution in [1.29, 1.82) is 0 Å². The molecule has 0 amide bonds. The number of Topliss-reactive ketones (excluding diaryl/α,β-unsaturated/α-hetero) is 1. The lowest BCUT2D eigenvalue weighted by Crippen LogP contribution is -2.94. The first-order valence-corrected chi connectivity index (χ1v) is 13.5. The Bertz CT molecular complexity index is 837. The highest BCUT2D eigenvalue weighted by Gasteiger charge is 2.62. The number of esters is 1. The van der Waals surface area contributed by atoms with Gasteiger partial charge in [-0.3, -0.25) is 10.5 Å². The third-order valence-corrected chi connectivity index (χ3v) is 9.22. The number of hydrogen-bond donors (Lipinski definition) is 3. The first-order chi connectivity index (χ1) is 16.5. The highest BCUT2D eigenvalue weighted by molar-refractivity contribution is 5.84. The molecule has 198 valence electrons. The molecular weight excluding hydrogens is 452 g/mol. The van der Waals surface area contributed by atoms with Crippen molar-refractivity contribution in [1.82, 2.24) is 0 Å². The Kier molecular flexibility index (Phi) is 6.81. The SMILES string of the molecule is CC1CC(=O)C2C(CC3OC(C)(C)[C@H](OC(=O)[C@]4(C)O[C@@H]4CCC4CC[NH2+]C(N)C4)CC3C2O)O1. The van der Waals surface area contributed by atoms with Crippen LogP contribution in [-0.4, -0.2) is 77.4 Å². The van der Waals surface area contributed by atoms with Crippen molar-refractivity contribution in [3.8, 4) is 0 Å². The van der Waals surface area contributed by atoms with E-state index in [-0.39, 0.29) is 48.3 Å². The molecule has 0 radical (unpaired) electrons. The van der Waals surface area contributed by atoms with Crippen LogP contribution in [0.2, 0.25) is 0 Å². The fourth-order valence-corrected chi connectivity index (χ4v) is 6.99. The molecule has 0 aromatic heterocycles. The smallest absolute Gasteiger partial charge is 0.341 e. The van der Waals surface area contributed by atoms with E-state index >= 15 is 0 Å². The Morgan fingerprint density at radius 3 is 2.69 bits per heavy atom. The van der Waals surface area contributed by atoms with Crippen molar-refractivity contribution in [2.75, 3.05) is 6.54 Å². The normalized spacial score (nSPS) is 49.0. The lowest BCUT2D eigenvalue weighted by Gasteiger charge is -2.53. The van der Waals surface area contributed by atoms with Crippen LogP contribution in [-0.2, 0) is 28.5 Å². The van der Waals surface area contributed by atoms with Gasteiger partial charge in [-0.15, -0.1) is 0 Å².